The number of aliphatic hydroxyl groups excluding tert-OH is 1. The van der Waals surface area contributed by atoms with Crippen LogP contribution in [-0.4, -0.2) is 71.2 Å². The number of likely N-dealkylation sites (tertiary alicyclic amines) is 1. The number of benzene rings is 2. The van der Waals surface area contributed by atoms with E-state index in [4.69, 9.17) is 4.74 Å². The molecule has 0 saturated carbocycles. The summed E-state index contributed by atoms with van der Waals surface area (Å²) >= 11 is 0. The van der Waals surface area contributed by atoms with E-state index in [1.807, 2.05) is 69.3 Å². The van der Waals surface area contributed by atoms with Crippen LogP contribution in [-0.2, 0) is 19.1 Å². The molecule has 8 nitrogen and oxygen atoms in total. The Balaban J connectivity index is 1.59. The van der Waals surface area contributed by atoms with E-state index < -0.39 is 29.1 Å². The van der Waals surface area contributed by atoms with Gasteiger partial charge in [-0.15, -0.1) is 13.2 Å². The van der Waals surface area contributed by atoms with Gasteiger partial charge in [-0.2, -0.15) is 0 Å². The summed E-state index contributed by atoms with van der Waals surface area (Å²) in [5, 5.41) is 9.37. The molecule has 0 aliphatic carbocycles. The number of hydrogen-bond donors (Lipinski definition) is 1. The lowest BCUT2D eigenvalue weighted by Crippen LogP contribution is -2.57. The summed E-state index contributed by atoms with van der Waals surface area (Å²) in [6, 6.07) is 14.4. The number of aryl methyl sites for hydroxylation is 2. The third-order valence-electron chi connectivity index (χ3n) is 9.77. The lowest BCUT2D eigenvalue weighted by Gasteiger charge is -2.37. The van der Waals surface area contributed by atoms with Gasteiger partial charge in [-0.25, -0.2) is 0 Å². The van der Waals surface area contributed by atoms with Crippen LogP contribution in [0.1, 0.15) is 50.2 Å². The molecule has 3 saturated heterocycles. The predicted molar refractivity (Wildman–Crippen MR) is 172 cm³/mol. The van der Waals surface area contributed by atoms with Crippen LogP contribution in [0.3, 0.4) is 0 Å². The molecule has 0 radical (unpaired) electrons. The van der Waals surface area contributed by atoms with Crippen molar-refractivity contribution in [1.82, 2.24) is 4.90 Å². The van der Waals surface area contributed by atoms with Crippen molar-refractivity contribution in [1.29, 1.82) is 0 Å². The van der Waals surface area contributed by atoms with Gasteiger partial charge in [0.05, 0.1) is 17.4 Å². The largest absolute Gasteiger partial charge is 0.396 e. The van der Waals surface area contributed by atoms with Gasteiger partial charge in [0.1, 0.15) is 11.6 Å². The summed E-state index contributed by atoms with van der Waals surface area (Å²) in [5.74, 6) is -2.16. The first-order valence-electron chi connectivity index (χ1n) is 15.7. The van der Waals surface area contributed by atoms with Crippen LogP contribution in [0.25, 0.3) is 0 Å². The Morgan fingerprint density at radius 3 is 2.25 bits per heavy atom. The molecule has 1 N–H and O–H groups in total. The zero-order valence-electron chi connectivity index (χ0n) is 26.2. The first-order chi connectivity index (χ1) is 21.1. The summed E-state index contributed by atoms with van der Waals surface area (Å²) in [7, 11) is 0. The fraction of sp³-hybridized carbons (Fsp3) is 0.472. The van der Waals surface area contributed by atoms with Crippen LogP contribution in [0.2, 0.25) is 0 Å². The molecule has 2 unspecified atom stereocenters. The monoisotopic (exact) mass is 599 g/mol. The van der Waals surface area contributed by atoms with Crippen LogP contribution < -0.4 is 9.80 Å². The Kier molecular flexibility index (Phi) is 9.14. The first-order valence-corrected chi connectivity index (χ1v) is 15.7. The number of rotatable bonds is 13. The molecule has 3 amide bonds. The maximum absolute atomic E-state index is 14.9. The molecular weight excluding hydrogens is 554 g/mol. The van der Waals surface area contributed by atoms with Crippen molar-refractivity contribution < 1.29 is 24.2 Å². The fourth-order valence-corrected chi connectivity index (χ4v) is 7.92. The second-order valence-electron chi connectivity index (χ2n) is 12.6. The number of para-hydroxylation sites is 2. The first kappa shape index (κ1) is 31.7. The summed E-state index contributed by atoms with van der Waals surface area (Å²) < 4.78 is 6.91. The number of anilines is 2. The minimum atomic E-state index is -1.13. The third-order valence-corrected chi connectivity index (χ3v) is 9.77. The average Bonchev–Trinajstić information content (AvgIpc) is 3.57. The van der Waals surface area contributed by atoms with Gasteiger partial charge in [0.15, 0.2) is 0 Å². The number of unbranched alkanes of at least 4 members (excludes halogenated alkanes) is 2. The molecule has 3 aliphatic heterocycles. The van der Waals surface area contributed by atoms with Crippen molar-refractivity contribution in [3.05, 3.63) is 85.0 Å². The molecule has 0 aromatic heterocycles. The van der Waals surface area contributed by atoms with Gasteiger partial charge >= 0.3 is 0 Å². The Labute approximate surface area is 261 Å². The maximum Gasteiger partial charge on any atom is 0.253 e. The third kappa shape index (κ3) is 5.18. The second kappa shape index (κ2) is 12.7. The second-order valence-corrected chi connectivity index (χ2v) is 12.6. The Hall–Kier alpha value is -3.75. The standard InChI is InChI=1S/C36H45N3O5/c1-6-21-37(27-17-10-8-11-18-27)32(41)28-29-33(42)39(23-12-9-13-24-40)31(36(29)20-19-35(28,5)44-36)34(43)38(22-7-2)30-25(3)15-14-16-26(30)4/h6-8,10-11,14-18,28-29,31,40H,1-2,9,12-13,19-24H2,3-5H3/t28-,29+,31?,35+,36?/m1/s1. The Bertz CT molecular complexity index is 1410. The molecule has 234 valence electrons. The van der Waals surface area contributed by atoms with Crippen LogP contribution in [0.5, 0.6) is 0 Å². The van der Waals surface area contributed by atoms with E-state index >= 15 is 0 Å². The van der Waals surface area contributed by atoms with Crippen molar-refractivity contribution in [3.63, 3.8) is 0 Å². The molecule has 5 atom stereocenters. The molecular formula is C36H45N3O5. The van der Waals surface area contributed by atoms with Crippen molar-refractivity contribution >= 4 is 29.1 Å². The molecule has 2 bridgehead atoms. The van der Waals surface area contributed by atoms with E-state index in [2.05, 4.69) is 13.2 Å². The topological polar surface area (TPSA) is 90.4 Å². The van der Waals surface area contributed by atoms with Crippen molar-refractivity contribution in [2.75, 3.05) is 36.0 Å². The van der Waals surface area contributed by atoms with E-state index in [0.29, 0.717) is 38.6 Å². The zero-order valence-corrected chi connectivity index (χ0v) is 26.2. The van der Waals surface area contributed by atoms with Crippen LogP contribution in [0, 0.1) is 25.7 Å². The van der Waals surface area contributed by atoms with Crippen molar-refractivity contribution in [2.24, 2.45) is 11.8 Å². The molecule has 2 aromatic rings. The smallest absolute Gasteiger partial charge is 0.253 e. The van der Waals surface area contributed by atoms with Gasteiger partial charge in [0, 0.05) is 37.6 Å². The minimum Gasteiger partial charge on any atom is -0.396 e. The van der Waals surface area contributed by atoms with Crippen molar-refractivity contribution in [3.8, 4) is 0 Å². The number of nitrogens with zero attached hydrogens (tertiary/aromatic N) is 3. The maximum atomic E-state index is 14.9. The van der Waals surface area contributed by atoms with Gasteiger partial charge in [-0.1, -0.05) is 48.6 Å². The molecule has 5 rings (SSSR count). The van der Waals surface area contributed by atoms with Gasteiger partial charge in [-0.05, 0) is 76.1 Å². The van der Waals surface area contributed by atoms with E-state index in [0.717, 1.165) is 22.5 Å². The van der Waals surface area contributed by atoms with E-state index in [1.54, 1.807) is 26.9 Å². The molecule has 8 heteroatoms. The highest BCUT2D eigenvalue weighted by Gasteiger charge is 2.78. The lowest BCUT2D eigenvalue weighted by atomic mass is 9.66. The van der Waals surface area contributed by atoms with E-state index in [9.17, 15) is 19.5 Å². The van der Waals surface area contributed by atoms with Gasteiger partial charge in [-0.3, -0.25) is 14.4 Å². The summed E-state index contributed by atoms with van der Waals surface area (Å²) in [6.45, 7) is 14.7. The van der Waals surface area contributed by atoms with E-state index in [1.165, 1.54) is 0 Å². The SMILES string of the molecule is C=CCN(C(=O)[C@H]1[C@H]2C(=O)N(CCCCCO)C(C(=O)N(CC=C)c3c(C)cccc3C)C23CC[C@]1(C)O3)c1ccccc1. The Morgan fingerprint density at radius 2 is 1.61 bits per heavy atom. The molecule has 3 fully saturated rings. The molecule has 1 spiro atoms. The number of ether oxygens (including phenoxy) is 1. The number of fused-ring (bicyclic) bond motifs is 1. The lowest BCUT2D eigenvalue weighted by molar-refractivity contribution is -0.144. The highest BCUT2D eigenvalue weighted by Crippen LogP contribution is 2.63. The van der Waals surface area contributed by atoms with Crippen molar-refractivity contribution in [2.45, 2.75) is 70.1 Å². The highest BCUT2D eigenvalue weighted by molar-refractivity contribution is 6.07. The fourth-order valence-electron chi connectivity index (χ4n) is 7.92. The quantitative estimate of drug-likeness (QED) is 0.260. The van der Waals surface area contributed by atoms with Crippen LogP contribution in [0.15, 0.2) is 73.8 Å². The van der Waals surface area contributed by atoms with Crippen LogP contribution in [0.4, 0.5) is 11.4 Å². The van der Waals surface area contributed by atoms with E-state index in [-0.39, 0.29) is 37.4 Å². The predicted octanol–water partition coefficient (Wildman–Crippen LogP) is 4.97. The van der Waals surface area contributed by atoms with Gasteiger partial charge < -0.3 is 24.5 Å². The molecule has 3 heterocycles. The average molecular weight is 600 g/mol. The highest BCUT2D eigenvalue weighted by atomic mass is 16.5. The zero-order chi connectivity index (χ0) is 31.6. The normalized spacial score (nSPS) is 26.9. The number of aliphatic hydroxyl groups is 1. The number of carbonyl (C=O) groups excluding carboxylic acids is 3. The van der Waals surface area contributed by atoms with Crippen LogP contribution >= 0.6 is 0 Å². The number of hydrogen-bond acceptors (Lipinski definition) is 5. The van der Waals surface area contributed by atoms with Gasteiger partial charge in [0.25, 0.3) is 5.91 Å². The van der Waals surface area contributed by atoms with Gasteiger partial charge in [0.2, 0.25) is 11.8 Å². The number of carbonyl (C=O) groups is 3. The number of amides is 3. The summed E-state index contributed by atoms with van der Waals surface area (Å²) in [5.41, 5.74) is 1.41. The summed E-state index contributed by atoms with van der Waals surface area (Å²) in [6.07, 6.45) is 6.43. The molecule has 2 aromatic carbocycles. The summed E-state index contributed by atoms with van der Waals surface area (Å²) in [4.78, 5) is 49.1. The molecule has 3 aliphatic rings. The molecule has 44 heavy (non-hydrogen) atoms. The minimum absolute atomic E-state index is 0.0687. The Morgan fingerprint density at radius 1 is 0.955 bits per heavy atom.